The van der Waals surface area contributed by atoms with Gasteiger partial charge in [-0.3, -0.25) is 4.90 Å². The van der Waals surface area contributed by atoms with Crippen LogP contribution < -0.4 is 18.9 Å². The molecule has 9 nitrogen and oxygen atoms in total. The van der Waals surface area contributed by atoms with E-state index >= 15 is 0 Å². The van der Waals surface area contributed by atoms with Gasteiger partial charge in [0.25, 0.3) is 0 Å². The molecule has 5 rings (SSSR count). The van der Waals surface area contributed by atoms with Crippen LogP contribution in [0.25, 0.3) is 20.5 Å². The minimum absolute atomic E-state index is 0.707. The van der Waals surface area contributed by atoms with E-state index in [1.54, 1.807) is 25.6 Å². The molecule has 3 aromatic carbocycles. The third kappa shape index (κ3) is 8.12. The van der Waals surface area contributed by atoms with Crippen molar-refractivity contribution in [2.24, 2.45) is 0 Å². The van der Waals surface area contributed by atoms with E-state index in [4.69, 9.17) is 38.7 Å². The molecule has 1 saturated heterocycles. The molecule has 0 spiro atoms. The van der Waals surface area contributed by atoms with Crippen molar-refractivity contribution in [2.45, 2.75) is 19.3 Å². The summed E-state index contributed by atoms with van der Waals surface area (Å²) in [6.07, 6.45) is 3.95. The number of methoxy groups -OCH3 is 2. The first-order chi connectivity index (χ1) is 19.9. The van der Waals surface area contributed by atoms with Crippen molar-refractivity contribution in [2.75, 3.05) is 40.5 Å². The molecule has 0 bridgehead atoms. The molecule has 4 aromatic rings. The van der Waals surface area contributed by atoms with Crippen molar-refractivity contribution in [3.63, 3.8) is 0 Å². The average Bonchev–Trinajstić information content (AvgIpc) is 3.36. The standard InChI is InChI=1S/C29H31NO4S.C2H2O4/c1-31-22-8-6-21(7-9-22)29-28(26-15-14-25(32-2)20-27(26)35-29)34-24-12-10-23(11-13-24)33-19-18-30-16-4-3-5-17-30;3-1(4)2(5)6/h6-15,20H,3-5,16-19H2,1-2H3;(H,3,4)(H,5,6). The third-order valence-corrected chi connectivity index (χ3v) is 7.74. The zero-order valence-electron chi connectivity index (χ0n) is 23.0. The Hall–Kier alpha value is -4.28. The predicted octanol–water partition coefficient (Wildman–Crippen LogP) is 6.40. The van der Waals surface area contributed by atoms with Gasteiger partial charge in [0.15, 0.2) is 5.75 Å². The third-order valence-electron chi connectivity index (χ3n) is 6.56. The molecule has 0 amide bonds. The summed E-state index contributed by atoms with van der Waals surface area (Å²) >= 11 is 1.69. The number of ether oxygens (including phenoxy) is 4. The summed E-state index contributed by atoms with van der Waals surface area (Å²) in [4.78, 5) is 21.8. The van der Waals surface area contributed by atoms with Crippen LogP contribution in [0.1, 0.15) is 19.3 Å². The van der Waals surface area contributed by atoms with Crippen LogP contribution in [0, 0.1) is 0 Å². The first-order valence-electron chi connectivity index (χ1n) is 13.2. The van der Waals surface area contributed by atoms with Crippen molar-refractivity contribution < 1.29 is 38.7 Å². The Morgan fingerprint density at radius 2 is 1.37 bits per heavy atom. The highest BCUT2D eigenvalue weighted by Crippen LogP contribution is 2.47. The molecule has 0 unspecified atom stereocenters. The van der Waals surface area contributed by atoms with Gasteiger partial charge in [0.05, 0.1) is 19.1 Å². The van der Waals surface area contributed by atoms with E-state index in [1.165, 1.54) is 32.4 Å². The number of hydrogen-bond donors (Lipinski definition) is 2. The lowest BCUT2D eigenvalue weighted by Gasteiger charge is -2.26. The summed E-state index contributed by atoms with van der Waals surface area (Å²) < 4.78 is 24.4. The molecule has 216 valence electrons. The van der Waals surface area contributed by atoms with Crippen molar-refractivity contribution in [3.8, 4) is 39.2 Å². The van der Waals surface area contributed by atoms with E-state index in [0.29, 0.717) is 6.61 Å². The number of carboxylic acid groups (broad SMARTS) is 2. The van der Waals surface area contributed by atoms with E-state index in [-0.39, 0.29) is 0 Å². The minimum atomic E-state index is -1.82. The predicted molar refractivity (Wildman–Crippen MR) is 158 cm³/mol. The van der Waals surface area contributed by atoms with Crippen molar-refractivity contribution in [1.29, 1.82) is 0 Å². The molecule has 0 aliphatic carbocycles. The summed E-state index contributed by atoms with van der Waals surface area (Å²) in [5.41, 5.74) is 1.08. The number of hydrogen-bond acceptors (Lipinski definition) is 8. The monoisotopic (exact) mass is 579 g/mol. The van der Waals surface area contributed by atoms with Gasteiger partial charge in [0.2, 0.25) is 0 Å². The van der Waals surface area contributed by atoms with Gasteiger partial charge in [-0.15, -0.1) is 11.3 Å². The van der Waals surface area contributed by atoms with E-state index in [2.05, 4.69) is 29.2 Å². The second kappa shape index (κ2) is 14.4. The van der Waals surface area contributed by atoms with E-state index < -0.39 is 11.9 Å². The number of benzene rings is 3. The molecular formula is C31H33NO8S. The lowest BCUT2D eigenvalue weighted by molar-refractivity contribution is -0.159. The van der Waals surface area contributed by atoms with Gasteiger partial charge in [-0.2, -0.15) is 0 Å². The molecule has 1 fully saturated rings. The van der Waals surface area contributed by atoms with Crippen LogP contribution >= 0.6 is 11.3 Å². The van der Waals surface area contributed by atoms with Crippen LogP contribution in [0.15, 0.2) is 66.7 Å². The second-order valence-corrected chi connectivity index (χ2v) is 10.3. The lowest BCUT2D eigenvalue weighted by Crippen LogP contribution is -2.33. The Balaban J connectivity index is 0.000000585. The number of fused-ring (bicyclic) bond motifs is 1. The number of likely N-dealkylation sites (tertiary alicyclic amines) is 1. The molecule has 2 heterocycles. The lowest BCUT2D eigenvalue weighted by atomic mass is 10.1. The van der Waals surface area contributed by atoms with E-state index in [1.807, 2.05) is 42.5 Å². The first kappa shape index (κ1) is 29.7. The van der Waals surface area contributed by atoms with Crippen LogP contribution in [-0.4, -0.2) is 67.5 Å². The van der Waals surface area contributed by atoms with Gasteiger partial charge in [-0.1, -0.05) is 6.42 Å². The van der Waals surface area contributed by atoms with Crippen LogP contribution in [0.2, 0.25) is 0 Å². The number of piperidine rings is 1. The number of rotatable bonds is 9. The highest BCUT2D eigenvalue weighted by atomic mass is 32.1. The zero-order valence-corrected chi connectivity index (χ0v) is 23.8. The molecule has 1 aromatic heterocycles. The van der Waals surface area contributed by atoms with Crippen molar-refractivity contribution in [1.82, 2.24) is 4.90 Å². The summed E-state index contributed by atoms with van der Waals surface area (Å²) in [6.45, 7) is 4.06. The molecule has 10 heteroatoms. The summed E-state index contributed by atoms with van der Waals surface area (Å²) in [6, 6.07) is 22.1. The molecule has 2 N–H and O–H groups in total. The topological polar surface area (TPSA) is 115 Å². The second-order valence-electron chi connectivity index (χ2n) is 9.29. The Morgan fingerprint density at radius 1 is 0.780 bits per heavy atom. The molecule has 0 atom stereocenters. The Morgan fingerprint density at radius 3 is 1.98 bits per heavy atom. The number of thiophene rings is 1. The van der Waals surface area contributed by atoms with E-state index in [9.17, 15) is 0 Å². The maximum atomic E-state index is 9.10. The highest BCUT2D eigenvalue weighted by Gasteiger charge is 2.17. The molecule has 41 heavy (non-hydrogen) atoms. The smallest absolute Gasteiger partial charge is 0.414 e. The molecular weight excluding hydrogens is 546 g/mol. The van der Waals surface area contributed by atoms with Crippen molar-refractivity contribution >= 4 is 33.4 Å². The molecule has 1 aliphatic rings. The van der Waals surface area contributed by atoms with Crippen LogP contribution in [-0.2, 0) is 9.59 Å². The van der Waals surface area contributed by atoms with Gasteiger partial charge in [-0.25, -0.2) is 9.59 Å². The summed E-state index contributed by atoms with van der Waals surface area (Å²) in [5.74, 6) is 0.498. The van der Waals surface area contributed by atoms with E-state index in [0.717, 1.165) is 55.8 Å². The highest BCUT2D eigenvalue weighted by molar-refractivity contribution is 7.22. The fraction of sp³-hybridized carbons (Fsp3) is 0.290. The summed E-state index contributed by atoms with van der Waals surface area (Å²) in [5, 5.41) is 15.8. The fourth-order valence-electron chi connectivity index (χ4n) is 4.41. The molecule has 1 aliphatic heterocycles. The van der Waals surface area contributed by atoms with Gasteiger partial charge >= 0.3 is 11.9 Å². The maximum Gasteiger partial charge on any atom is 0.414 e. The fourth-order valence-corrected chi connectivity index (χ4v) is 5.58. The van der Waals surface area contributed by atoms with Gasteiger partial charge in [-0.05, 0) is 98.2 Å². The number of nitrogens with zero attached hydrogens (tertiary/aromatic N) is 1. The first-order valence-corrected chi connectivity index (χ1v) is 14.0. The molecule has 0 radical (unpaired) electrons. The van der Waals surface area contributed by atoms with Gasteiger partial charge in [0, 0.05) is 16.6 Å². The minimum Gasteiger partial charge on any atom is -0.497 e. The Kier molecular flexibility index (Phi) is 10.4. The maximum absolute atomic E-state index is 9.10. The number of carbonyl (C=O) groups is 2. The Labute approximate surface area is 242 Å². The average molecular weight is 580 g/mol. The SMILES string of the molecule is COc1ccc(-c2sc3cc(OC)ccc3c2Oc2ccc(OCCN3CCCCC3)cc2)cc1.O=C(O)C(=O)O. The van der Waals surface area contributed by atoms with Crippen LogP contribution in [0.3, 0.4) is 0 Å². The van der Waals surface area contributed by atoms with Crippen LogP contribution in [0.5, 0.6) is 28.7 Å². The van der Waals surface area contributed by atoms with Crippen molar-refractivity contribution in [3.05, 3.63) is 66.7 Å². The quantitative estimate of drug-likeness (QED) is 0.217. The normalized spacial score (nSPS) is 13.1. The number of aliphatic carboxylic acids is 2. The van der Waals surface area contributed by atoms with Gasteiger partial charge in [0.1, 0.15) is 29.6 Å². The Bertz CT molecular complexity index is 1430. The largest absolute Gasteiger partial charge is 0.497 e. The summed E-state index contributed by atoms with van der Waals surface area (Å²) in [7, 11) is 3.36. The van der Waals surface area contributed by atoms with Crippen LogP contribution in [0.4, 0.5) is 0 Å². The number of carboxylic acids is 2. The van der Waals surface area contributed by atoms with Gasteiger partial charge < -0.3 is 29.2 Å². The molecule has 0 saturated carbocycles. The zero-order chi connectivity index (χ0) is 29.2.